The minimum absolute atomic E-state index is 0.0613. The lowest BCUT2D eigenvalue weighted by atomic mass is 9.85. The van der Waals surface area contributed by atoms with E-state index in [0.717, 1.165) is 31.2 Å². The van der Waals surface area contributed by atoms with E-state index in [2.05, 4.69) is 4.98 Å². The van der Waals surface area contributed by atoms with Crippen molar-refractivity contribution in [3.8, 4) is 0 Å². The van der Waals surface area contributed by atoms with Gasteiger partial charge in [-0.15, -0.1) is 0 Å². The molecule has 5 nitrogen and oxygen atoms in total. The standard InChI is InChI=1S/C15H25N3O2S/c1-18(15-5-3-2-4-14(15)12-16)21(19,20)11-8-13-6-9-17-10-7-13/h6-7,9-10,14-15H,2-5,8,11-12,16H2,1H3. The Hall–Kier alpha value is -0.980. The van der Waals surface area contributed by atoms with Crippen molar-refractivity contribution >= 4 is 10.0 Å². The van der Waals surface area contributed by atoms with Gasteiger partial charge in [0.2, 0.25) is 10.0 Å². The fourth-order valence-electron chi connectivity index (χ4n) is 3.09. The summed E-state index contributed by atoms with van der Waals surface area (Å²) in [7, 11) is -1.53. The molecule has 0 aliphatic heterocycles. The first-order valence-electron chi connectivity index (χ1n) is 7.59. The molecule has 1 fully saturated rings. The number of pyridine rings is 1. The van der Waals surface area contributed by atoms with Gasteiger partial charge in [0.05, 0.1) is 5.75 Å². The van der Waals surface area contributed by atoms with Gasteiger partial charge in [-0.3, -0.25) is 4.98 Å². The van der Waals surface area contributed by atoms with Crippen LogP contribution in [0.4, 0.5) is 0 Å². The largest absolute Gasteiger partial charge is 0.330 e. The molecule has 1 heterocycles. The summed E-state index contributed by atoms with van der Waals surface area (Å²) in [4.78, 5) is 3.95. The van der Waals surface area contributed by atoms with Gasteiger partial charge in [0.25, 0.3) is 0 Å². The van der Waals surface area contributed by atoms with E-state index in [1.165, 1.54) is 0 Å². The second-order valence-corrected chi connectivity index (χ2v) is 7.93. The maximum atomic E-state index is 12.5. The second kappa shape index (κ2) is 7.33. The predicted octanol–water partition coefficient (Wildman–Crippen LogP) is 1.40. The molecule has 0 spiro atoms. The fourth-order valence-corrected chi connectivity index (χ4v) is 4.56. The number of hydrogen-bond acceptors (Lipinski definition) is 4. The highest BCUT2D eigenvalue weighted by Gasteiger charge is 2.33. The fraction of sp³-hybridized carbons (Fsp3) is 0.667. The van der Waals surface area contributed by atoms with Gasteiger partial charge in [-0.2, -0.15) is 0 Å². The summed E-state index contributed by atoms with van der Waals surface area (Å²) in [5.74, 6) is 0.431. The zero-order valence-electron chi connectivity index (χ0n) is 12.6. The first kappa shape index (κ1) is 16.4. The molecule has 2 unspecified atom stereocenters. The molecule has 1 aliphatic carbocycles. The van der Waals surface area contributed by atoms with E-state index < -0.39 is 10.0 Å². The van der Waals surface area contributed by atoms with Crippen molar-refractivity contribution in [1.82, 2.24) is 9.29 Å². The molecule has 0 saturated heterocycles. The van der Waals surface area contributed by atoms with Gasteiger partial charge in [-0.25, -0.2) is 12.7 Å². The first-order valence-corrected chi connectivity index (χ1v) is 9.20. The van der Waals surface area contributed by atoms with Crippen LogP contribution in [0.1, 0.15) is 31.2 Å². The zero-order chi connectivity index (χ0) is 15.3. The van der Waals surface area contributed by atoms with Crippen LogP contribution in [0, 0.1) is 5.92 Å². The van der Waals surface area contributed by atoms with Crippen molar-refractivity contribution in [1.29, 1.82) is 0 Å². The average molecular weight is 311 g/mol. The van der Waals surface area contributed by atoms with Gasteiger partial charge in [-0.1, -0.05) is 12.8 Å². The minimum atomic E-state index is -3.24. The van der Waals surface area contributed by atoms with Crippen LogP contribution in [0.2, 0.25) is 0 Å². The maximum Gasteiger partial charge on any atom is 0.214 e. The number of hydrogen-bond donors (Lipinski definition) is 1. The van der Waals surface area contributed by atoms with Crippen LogP contribution in [0.5, 0.6) is 0 Å². The molecule has 0 aromatic carbocycles. The van der Waals surface area contributed by atoms with Gasteiger partial charge in [0.15, 0.2) is 0 Å². The van der Waals surface area contributed by atoms with Crippen molar-refractivity contribution in [3.05, 3.63) is 30.1 Å². The van der Waals surface area contributed by atoms with Crippen LogP contribution in [0.3, 0.4) is 0 Å². The zero-order valence-corrected chi connectivity index (χ0v) is 13.4. The summed E-state index contributed by atoms with van der Waals surface area (Å²) in [6.07, 6.45) is 8.11. The number of rotatable bonds is 6. The highest BCUT2D eigenvalue weighted by Crippen LogP contribution is 2.28. The molecule has 1 aromatic heterocycles. The highest BCUT2D eigenvalue weighted by molar-refractivity contribution is 7.89. The number of aryl methyl sites for hydroxylation is 1. The van der Waals surface area contributed by atoms with Crippen LogP contribution in [-0.2, 0) is 16.4 Å². The van der Waals surface area contributed by atoms with Gasteiger partial charge >= 0.3 is 0 Å². The van der Waals surface area contributed by atoms with Crippen LogP contribution in [0.25, 0.3) is 0 Å². The minimum Gasteiger partial charge on any atom is -0.330 e. The molecular formula is C15H25N3O2S. The lowest BCUT2D eigenvalue weighted by molar-refractivity contribution is 0.204. The Labute approximate surface area is 127 Å². The Morgan fingerprint density at radius 2 is 1.95 bits per heavy atom. The molecule has 2 atom stereocenters. The Morgan fingerprint density at radius 1 is 1.29 bits per heavy atom. The van der Waals surface area contributed by atoms with Crippen molar-refractivity contribution in [2.45, 2.75) is 38.1 Å². The second-order valence-electron chi connectivity index (χ2n) is 5.79. The molecule has 1 aromatic rings. The smallest absolute Gasteiger partial charge is 0.214 e. The van der Waals surface area contributed by atoms with Crippen molar-refractivity contribution in [2.24, 2.45) is 11.7 Å². The average Bonchev–Trinajstić information content (AvgIpc) is 2.53. The van der Waals surface area contributed by atoms with Crippen LogP contribution >= 0.6 is 0 Å². The van der Waals surface area contributed by atoms with Gasteiger partial charge < -0.3 is 5.73 Å². The van der Waals surface area contributed by atoms with Gasteiger partial charge in [0, 0.05) is 25.5 Å². The Bertz CT molecular complexity index is 533. The van der Waals surface area contributed by atoms with Crippen molar-refractivity contribution < 1.29 is 8.42 Å². The molecule has 0 radical (unpaired) electrons. The Kier molecular flexibility index (Phi) is 5.72. The molecule has 6 heteroatoms. The summed E-state index contributed by atoms with van der Waals surface area (Å²) >= 11 is 0. The third-order valence-corrected chi connectivity index (χ3v) is 6.34. The predicted molar refractivity (Wildman–Crippen MR) is 84.3 cm³/mol. The third kappa shape index (κ3) is 4.25. The number of sulfonamides is 1. The Balaban J connectivity index is 2.00. The molecule has 0 bridgehead atoms. The topological polar surface area (TPSA) is 76.3 Å². The molecule has 0 amide bonds. The number of nitrogens with two attached hydrogens (primary N) is 1. The first-order chi connectivity index (χ1) is 10.0. The summed E-state index contributed by atoms with van der Waals surface area (Å²) in [6.45, 7) is 0.564. The molecule has 2 rings (SSSR count). The molecule has 118 valence electrons. The summed E-state index contributed by atoms with van der Waals surface area (Å²) < 4.78 is 26.6. The lowest BCUT2D eigenvalue weighted by Gasteiger charge is -2.36. The van der Waals surface area contributed by atoms with Crippen LogP contribution in [-0.4, -0.2) is 43.1 Å². The molecule has 21 heavy (non-hydrogen) atoms. The van der Waals surface area contributed by atoms with Gasteiger partial charge in [0.1, 0.15) is 0 Å². The summed E-state index contributed by atoms with van der Waals surface area (Å²) in [6, 6.07) is 3.78. The quantitative estimate of drug-likeness (QED) is 0.861. The lowest BCUT2D eigenvalue weighted by Crippen LogP contribution is -2.46. The van der Waals surface area contributed by atoms with Crippen molar-refractivity contribution in [3.63, 3.8) is 0 Å². The number of nitrogens with zero attached hydrogens (tertiary/aromatic N) is 2. The Morgan fingerprint density at radius 3 is 2.62 bits per heavy atom. The van der Waals surface area contributed by atoms with E-state index in [-0.39, 0.29) is 11.8 Å². The van der Waals surface area contributed by atoms with Crippen LogP contribution in [0.15, 0.2) is 24.5 Å². The third-order valence-electron chi connectivity index (χ3n) is 4.48. The van der Waals surface area contributed by atoms with E-state index in [1.807, 2.05) is 12.1 Å². The molecule has 2 N–H and O–H groups in total. The molecule has 1 aliphatic rings. The highest BCUT2D eigenvalue weighted by atomic mass is 32.2. The van der Waals surface area contributed by atoms with E-state index in [1.54, 1.807) is 23.7 Å². The molecule has 1 saturated carbocycles. The van der Waals surface area contributed by atoms with E-state index in [9.17, 15) is 8.42 Å². The monoisotopic (exact) mass is 311 g/mol. The van der Waals surface area contributed by atoms with E-state index in [4.69, 9.17) is 5.73 Å². The normalized spacial score (nSPS) is 23.4. The van der Waals surface area contributed by atoms with Crippen molar-refractivity contribution in [2.75, 3.05) is 19.3 Å². The maximum absolute atomic E-state index is 12.5. The summed E-state index contributed by atoms with van der Waals surface area (Å²) in [5, 5.41) is 0. The van der Waals surface area contributed by atoms with E-state index in [0.29, 0.717) is 18.9 Å². The molecular weight excluding hydrogens is 286 g/mol. The SMILES string of the molecule is CN(C1CCCCC1CN)S(=O)(=O)CCc1ccncc1. The summed E-state index contributed by atoms with van der Waals surface area (Å²) in [5.41, 5.74) is 6.81. The van der Waals surface area contributed by atoms with Crippen LogP contribution < -0.4 is 5.73 Å². The van der Waals surface area contributed by atoms with Gasteiger partial charge in [-0.05, 0) is 49.4 Å². The van der Waals surface area contributed by atoms with E-state index >= 15 is 0 Å². The number of aromatic nitrogens is 1.